The van der Waals surface area contributed by atoms with Crippen LogP contribution in [-0.2, 0) is 12.8 Å². The highest BCUT2D eigenvalue weighted by Crippen LogP contribution is 2.27. The van der Waals surface area contributed by atoms with Crippen LogP contribution in [0.25, 0.3) is 0 Å². The average Bonchev–Trinajstić information content (AvgIpc) is 2.92. The SMILES string of the molecule is COc1nc(C(=O)O)nc(C)c1Cc1ccccc1Cl.COc1nc(C(=O)O)nc(C)c1Cc1ccccc1Cl.[Mg]. The number of nitrogens with zero attached hydrogens (tertiary/aromatic N) is 4. The van der Waals surface area contributed by atoms with Crippen molar-refractivity contribution in [2.75, 3.05) is 14.2 Å². The summed E-state index contributed by atoms with van der Waals surface area (Å²) >= 11 is 12.3. The second-order valence-corrected chi connectivity index (χ2v) is 9.20. The summed E-state index contributed by atoms with van der Waals surface area (Å²) < 4.78 is 10.3. The number of hydrogen-bond donors (Lipinski definition) is 2. The molecule has 0 spiro atoms. The molecule has 4 aromatic rings. The molecule has 4 rings (SSSR count). The summed E-state index contributed by atoms with van der Waals surface area (Å²) in [4.78, 5) is 37.6. The Bertz CT molecular complexity index is 1440. The third-order valence-corrected chi connectivity index (χ3v) is 6.51. The first-order valence-corrected chi connectivity index (χ1v) is 12.6. The number of carboxylic acid groups (broad SMARTS) is 2. The Kier molecular flexibility index (Phi) is 12.7. The molecule has 0 aliphatic carbocycles. The molecule has 10 nitrogen and oxygen atoms in total. The summed E-state index contributed by atoms with van der Waals surface area (Å²) in [5.74, 6) is -2.40. The van der Waals surface area contributed by atoms with Crippen molar-refractivity contribution in [3.05, 3.63) is 104 Å². The minimum Gasteiger partial charge on any atom is -0.481 e. The first-order valence-electron chi connectivity index (χ1n) is 11.8. The van der Waals surface area contributed by atoms with Crippen molar-refractivity contribution in [2.24, 2.45) is 0 Å². The van der Waals surface area contributed by atoms with Gasteiger partial charge in [0.05, 0.1) is 14.2 Å². The number of aromatic carboxylic acids is 2. The van der Waals surface area contributed by atoms with Crippen LogP contribution in [0.5, 0.6) is 11.8 Å². The number of hydrogen-bond acceptors (Lipinski definition) is 8. The van der Waals surface area contributed by atoms with Gasteiger partial charge in [-0.3, -0.25) is 0 Å². The number of aromatic nitrogens is 4. The number of carbonyl (C=O) groups is 2. The van der Waals surface area contributed by atoms with Gasteiger partial charge in [-0.25, -0.2) is 19.6 Å². The van der Waals surface area contributed by atoms with E-state index in [2.05, 4.69) is 19.9 Å². The molecule has 0 fully saturated rings. The van der Waals surface area contributed by atoms with Crippen LogP contribution < -0.4 is 9.47 Å². The topological polar surface area (TPSA) is 145 Å². The standard InChI is InChI=1S/2C14H13ClN2O3.Mg/c2*1-8-10(7-9-5-3-4-6-11(9)15)13(20-2)17-12(16-8)14(18)19;/h2*3-6H,7H2,1-2H3,(H,18,19);. The first kappa shape index (κ1) is 33.7. The van der Waals surface area contributed by atoms with Gasteiger partial charge in [-0.1, -0.05) is 59.6 Å². The number of rotatable bonds is 8. The summed E-state index contributed by atoms with van der Waals surface area (Å²) in [6.07, 6.45) is 0.961. The van der Waals surface area contributed by atoms with Gasteiger partial charge in [0.15, 0.2) is 0 Å². The van der Waals surface area contributed by atoms with Crippen LogP contribution in [0.15, 0.2) is 48.5 Å². The second kappa shape index (κ2) is 15.5. The fourth-order valence-corrected chi connectivity index (χ4v) is 4.15. The molecule has 0 aliphatic rings. The van der Waals surface area contributed by atoms with Crippen molar-refractivity contribution in [2.45, 2.75) is 26.7 Å². The summed E-state index contributed by atoms with van der Waals surface area (Å²) in [6, 6.07) is 14.8. The third kappa shape index (κ3) is 8.73. The maximum absolute atomic E-state index is 10.9. The second-order valence-electron chi connectivity index (χ2n) is 8.39. The van der Waals surface area contributed by atoms with Gasteiger partial charge in [0.1, 0.15) is 0 Å². The molecule has 0 saturated heterocycles. The van der Waals surface area contributed by atoms with Crippen molar-refractivity contribution in [1.29, 1.82) is 0 Å². The molecule has 41 heavy (non-hydrogen) atoms. The minimum absolute atomic E-state index is 0. The molecule has 0 saturated carbocycles. The fraction of sp³-hybridized carbons (Fsp3) is 0.214. The molecule has 2 N–H and O–H groups in total. The number of halogens is 2. The molecular weight excluding hydrogens is 584 g/mol. The first-order chi connectivity index (χ1) is 19.0. The molecule has 2 aromatic carbocycles. The molecule has 0 amide bonds. The van der Waals surface area contributed by atoms with Crippen molar-refractivity contribution in [3.8, 4) is 11.8 Å². The molecule has 2 radical (unpaired) electrons. The number of aryl methyl sites for hydroxylation is 2. The van der Waals surface area contributed by atoms with Crippen LogP contribution in [0.2, 0.25) is 10.0 Å². The number of methoxy groups -OCH3 is 2. The quantitative estimate of drug-likeness (QED) is 0.259. The summed E-state index contributed by atoms with van der Waals surface area (Å²) in [7, 11) is 2.90. The number of ether oxygens (including phenoxy) is 2. The highest BCUT2D eigenvalue weighted by Gasteiger charge is 2.18. The fourth-order valence-electron chi connectivity index (χ4n) is 3.74. The van der Waals surface area contributed by atoms with E-state index in [9.17, 15) is 9.59 Å². The molecule has 0 aliphatic heterocycles. The van der Waals surface area contributed by atoms with E-state index in [1.54, 1.807) is 26.0 Å². The van der Waals surface area contributed by atoms with Crippen LogP contribution in [-0.4, -0.2) is 79.4 Å². The minimum atomic E-state index is -1.18. The van der Waals surface area contributed by atoms with Crippen molar-refractivity contribution in [3.63, 3.8) is 0 Å². The summed E-state index contributed by atoms with van der Waals surface area (Å²) in [6.45, 7) is 3.45. The molecule has 210 valence electrons. The predicted octanol–water partition coefficient (Wildman–Crippen LogP) is 5.09. The lowest BCUT2D eigenvalue weighted by atomic mass is 10.0. The smallest absolute Gasteiger partial charge is 0.374 e. The lowest BCUT2D eigenvalue weighted by Gasteiger charge is -2.11. The van der Waals surface area contributed by atoms with Crippen LogP contribution in [0, 0.1) is 13.8 Å². The van der Waals surface area contributed by atoms with E-state index >= 15 is 0 Å². The van der Waals surface area contributed by atoms with Crippen LogP contribution in [0.3, 0.4) is 0 Å². The van der Waals surface area contributed by atoms with Gasteiger partial charge < -0.3 is 19.7 Å². The van der Waals surface area contributed by atoms with Crippen LogP contribution in [0.4, 0.5) is 0 Å². The molecular formula is C28H26Cl2MgN4O6. The zero-order valence-electron chi connectivity index (χ0n) is 22.8. The highest BCUT2D eigenvalue weighted by molar-refractivity contribution is 6.31. The Labute approximate surface area is 262 Å². The Morgan fingerprint density at radius 3 is 1.32 bits per heavy atom. The molecule has 0 bridgehead atoms. The maximum Gasteiger partial charge on any atom is 0.374 e. The van der Waals surface area contributed by atoms with Crippen LogP contribution >= 0.6 is 23.2 Å². The summed E-state index contributed by atoms with van der Waals surface area (Å²) in [5, 5.41) is 19.2. The van der Waals surface area contributed by atoms with E-state index in [0.717, 1.165) is 22.3 Å². The molecule has 0 atom stereocenters. The van der Waals surface area contributed by atoms with E-state index in [-0.39, 0.29) is 46.5 Å². The van der Waals surface area contributed by atoms with E-state index in [1.165, 1.54) is 14.2 Å². The molecule has 2 heterocycles. The van der Waals surface area contributed by atoms with Crippen molar-refractivity contribution >= 4 is 58.2 Å². The van der Waals surface area contributed by atoms with Gasteiger partial charge in [0.2, 0.25) is 23.4 Å². The molecule has 13 heteroatoms. The average molecular weight is 610 g/mol. The van der Waals surface area contributed by atoms with E-state index < -0.39 is 11.9 Å². The maximum atomic E-state index is 10.9. The van der Waals surface area contributed by atoms with Gasteiger partial charge in [-0.15, -0.1) is 0 Å². The normalized spacial score (nSPS) is 10.1. The van der Waals surface area contributed by atoms with Crippen molar-refractivity contribution in [1.82, 2.24) is 19.9 Å². The molecule has 2 aromatic heterocycles. The Morgan fingerprint density at radius 2 is 1.02 bits per heavy atom. The zero-order valence-corrected chi connectivity index (χ0v) is 25.7. The lowest BCUT2D eigenvalue weighted by molar-refractivity contribution is 0.0671. The predicted molar refractivity (Wildman–Crippen MR) is 155 cm³/mol. The van der Waals surface area contributed by atoms with Crippen LogP contribution in [0.1, 0.15) is 54.9 Å². The van der Waals surface area contributed by atoms with Gasteiger partial charge in [-0.2, -0.15) is 9.97 Å². The number of benzene rings is 2. The number of carboxylic acids is 2. The zero-order chi connectivity index (χ0) is 29.4. The largest absolute Gasteiger partial charge is 0.481 e. The van der Waals surface area contributed by atoms with Gasteiger partial charge in [0, 0.05) is 68.5 Å². The van der Waals surface area contributed by atoms with Gasteiger partial charge >= 0.3 is 11.9 Å². The highest BCUT2D eigenvalue weighted by atomic mass is 35.5. The Morgan fingerprint density at radius 1 is 0.683 bits per heavy atom. The van der Waals surface area contributed by atoms with E-state index in [1.807, 2.05) is 36.4 Å². The monoisotopic (exact) mass is 608 g/mol. The third-order valence-electron chi connectivity index (χ3n) is 5.77. The van der Waals surface area contributed by atoms with E-state index in [4.69, 9.17) is 42.9 Å². The van der Waals surface area contributed by atoms with Gasteiger partial charge in [0.25, 0.3) is 0 Å². The van der Waals surface area contributed by atoms with E-state index in [0.29, 0.717) is 34.3 Å². The van der Waals surface area contributed by atoms with Gasteiger partial charge in [-0.05, 0) is 37.1 Å². The summed E-state index contributed by atoms with van der Waals surface area (Å²) in [5.41, 5.74) is 4.39. The molecule has 0 unspecified atom stereocenters. The Hall–Kier alpha value is -3.51. The lowest BCUT2D eigenvalue weighted by Crippen LogP contribution is -2.10. The Balaban J connectivity index is 0.000000280. The van der Waals surface area contributed by atoms with Crippen molar-refractivity contribution < 1.29 is 29.3 Å².